The Morgan fingerprint density at radius 2 is 2.05 bits per heavy atom. The minimum Gasteiger partial charge on any atom is -0.490 e. The topological polar surface area (TPSA) is 47.5 Å². The number of ether oxygens (including phenoxy) is 2. The molecule has 0 radical (unpaired) electrons. The lowest BCUT2D eigenvalue weighted by Crippen LogP contribution is -2.39. The number of methoxy groups -OCH3 is 1. The Bertz CT molecular complexity index is 630. The van der Waals surface area contributed by atoms with Crippen LogP contribution in [-0.4, -0.2) is 36.3 Å². The van der Waals surface area contributed by atoms with Crippen molar-refractivity contribution in [2.24, 2.45) is 0 Å². The molecule has 1 aliphatic heterocycles. The number of halogens is 1. The molecule has 5 nitrogen and oxygen atoms in total. The van der Waals surface area contributed by atoms with Crippen molar-refractivity contribution in [1.82, 2.24) is 9.97 Å². The highest BCUT2D eigenvalue weighted by Gasteiger charge is 2.22. The van der Waals surface area contributed by atoms with Crippen molar-refractivity contribution in [1.29, 1.82) is 0 Å². The molecule has 1 aliphatic rings. The van der Waals surface area contributed by atoms with Gasteiger partial charge in [0, 0.05) is 42.7 Å². The Kier molecular flexibility index (Phi) is 4.77. The molecule has 0 atom stereocenters. The first-order valence-corrected chi connectivity index (χ1v) is 8.08. The van der Waals surface area contributed by atoms with Crippen molar-refractivity contribution < 1.29 is 9.47 Å². The van der Waals surface area contributed by atoms with Crippen molar-refractivity contribution in [3.8, 4) is 11.6 Å². The van der Waals surface area contributed by atoms with E-state index in [9.17, 15) is 0 Å². The predicted octanol–water partition coefficient (Wildman–Crippen LogP) is 3.30. The zero-order valence-corrected chi connectivity index (χ0v) is 14.0. The summed E-state index contributed by atoms with van der Waals surface area (Å²) in [6.45, 7) is 1.76. The monoisotopic (exact) mass is 363 g/mol. The van der Waals surface area contributed by atoms with Gasteiger partial charge in [-0.1, -0.05) is 22.0 Å². The van der Waals surface area contributed by atoms with Crippen LogP contribution in [0, 0.1) is 0 Å². The van der Waals surface area contributed by atoms with Crippen molar-refractivity contribution in [2.45, 2.75) is 18.9 Å². The number of hydrogen-bond acceptors (Lipinski definition) is 5. The molecule has 22 heavy (non-hydrogen) atoms. The third kappa shape index (κ3) is 3.68. The summed E-state index contributed by atoms with van der Waals surface area (Å²) in [5.74, 6) is 2.23. The van der Waals surface area contributed by atoms with E-state index in [1.165, 1.54) is 0 Å². The van der Waals surface area contributed by atoms with Gasteiger partial charge in [0.15, 0.2) is 0 Å². The SMILES string of the molecule is COc1ccnc(N2CCC(Oc3cccc(Br)c3)CC2)n1. The Morgan fingerprint density at radius 3 is 2.77 bits per heavy atom. The lowest BCUT2D eigenvalue weighted by Gasteiger charge is -2.32. The molecule has 0 saturated carbocycles. The van der Waals surface area contributed by atoms with Crippen molar-refractivity contribution in [3.63, 3.8) is 0 Å². The van der Waals surface area contributed by atoms with Gasteiger partial charge in [-0.2, -0.15) is 4.98 Å². The first kappa shape index (κ1) is 15.1. The van der Waals surface area contributed by atoms with Gasteiger partial charge in [-0.05, 0) is 18.2 Å². The number of aromatic nitrogens is 2. The summed E-state index contributed by atoms with van der Waals surface area (Å²) in [7, 11) is 1.62. The zero-order chi connectivity index (χ0) is 15.4. The molecule has 116 valence electrons. The lowest BCUT2D eigenvalue weighted by atomic mass is 10.1. The van der Waals surface area contributed by atoms with E-state index < -0.39 is 0 Å². The number of anilines is 1. The van der Waals surface area contributed by atoms with E-state index in [1.807, 2.05) is 24.3 Å². The Hall–Kier alpha value is -1.82. The molecule has 3 rings (SSSR count). The van der Waals surface area contributed by atoms with Gasteiger partial charge in [-0.3, -0.25) is 0 Å². The van der Waals surface area contributed by atoms with Gasteiger partial charge >= 0.3 is 0 Å². The summed E-state index contributed by atoms with van der Waals surface area (Å²) in [5.41, 5.74) is 0. The van der Waals surface area contributed by atoms with Crippen LogP contribution in [0.15, 0.2) is 41.0 Å². The van der Waals surface area contributed by atoms with Crippen LogP contribution in [0.2, 0.25) is 0 Å². The maximum atomic E-state index is 6.04. The molecule has 1 fully saturated rings. The van der Waals surface area contributed by atoms with Crippen LogP contribution < -0.4 is 14.4 Å². The van der Waals surface area contributed by atoms with Gasteiger partial charge in [0.2, 0.25) is 11.8 Å². The molecule has 0 amide bonds. The third-order valence-electron chi connectivity index (χ3n) is 3.65. The summed E-state index contributed by atoms with van der Waals surface area (Å²) in [4.78, 5) is 10.9. The Balaban J connectivity index is 1.58. The van der Waals surface area contributed by atoms with Gasteiger partial charge in [-0.25, -0.2) is 4.98 Å². The van der Waals surface area contributed by atoms with Gasteiger partial charge in [0.05, 0.1) is 7.11 Å². The average Bonchev–Trinajstić information content (AvgIpc) is 2.56. The molecular formula is C16H18BrN3O2. The highest BCUT2D eigenvalue weighted by Crippen LogP contribution is 2.24. The smallest absolute Gasteiger partial charge is 0.228 e. The number of rotatable bonds is 4. The van der Waals surface area contributed by atoms with Crippen LogP contribution in [0.3, 0.4) is 0 Å². The van der Waals surface area contributed by atoms with Gasteiger partial charge in [0.1, 0.15) is 11.9 Å². The zero-order valence-electron chi connectivity index (χ0n) is 12.4. The van der Waals surface area contributed by atoms with Crippen LogP contribution in [0.4, 0.5) is 5.95 Å². The summed E-state index contributed by atoms with van der Waals surface area (Å²) in [6, 6.07) is 9.72. The summed E-state index contributed by atoms with van der Waals surface area (Å²) < 4.78 is 12.2. The van der Waals surface area contributed by atoms with Crippen LogP contribution in [-0.2, 0) is 0 Å². The van der Waals surface area contributed by atoms with Gasteiger partial charge in [-0.15, -0.1) is 0 Å². The normalized spacial score (nSPS) is 15.6. The van der Waals surface area contributed by atoms with E-state index in [-0.39, 0.29) is 6.10 Å². The maximum Gasteiger partial charge on any atom is 0.228 e. The van der Waals surface area contributed by atoms with Crippen molar-refractivity contribution >= 4 is 21.9 Å². The summed E-state index contributed by atoms with van der Waals surface area (Å²) in [6.07, 6.45) is 3.86. The van der Waals surface area contributed by atoms with Gasteiger partial charge < -0.3 is 14.4 Å². The molecule has 1 saturated heterocycles. The van der Waals surface area contributed by atoms with E-state index in [2.05, 4.69) is 30.8 Å². The number of piperidine rings is 1. The summed E-state index contributed by atoms with van der Waals surface area (Å²) >= 11 is 3.46. The predicted molar refractivity (Wildman–Crippen MR) is 88.6 cm³/mol. The fraction of sp³-hybridized carbons (Fsp3) is 0.375. The molecule has 0 spiro atoms. The standard InChI is InChI=1S/C16H18BrN3O2/c1-21-15-5-8-18-16(19-15)20-9-6-13(7-10-20)22-14-4-2-3-12(17)11-14/h2-5,8,11,13H,6-7,9-10H2,1H3. The number of benzene rings is 1. The molecule has 1 aromatic carbocycles. The van der Waals surface area contributed by atoms with Crippen molar-refractivity contribution in [2.75, 3.05) is 25.1 Å². The Labute approximate surface area is 138 Å². The molecule has 0 N–H and O–H groups in total. The fourth-order valence-corrected chi connectivity index (χ4v) is 2.88. The summed E-state index contributed by atoms with van der Waals surface area (Å²) in [5, 5.41) is 0. The fourth-order valence-electron chi connectivity index (χ4n) is 2.50. The molecule has 0 bridgehead atoms. The third-order valence-corrected chi connectivity index (χ3v) is 4.14. The minimum atomic E-state index is 0.233. The molecule has 1 aromatic heterocycles. The first-order valence-electron chi connectivity index (χ1n) is 7.29. The second-order valence-electron chi connectivity index (χ2n) is 5.16. The van der Waals surface area contributed by atoms with Crippen molar-refractivity contribution in [3.05, 3.63) is 41.0 Å². The van der Waals surface area contributed by atoms with E-state index in [1.54, 1.807) is 19.4 Å². The first-order chi connectivity index (χ1) is 10.7. The largest absolute Gasteiger partial charge is 0.490 e. The van der Waals surface area contributed by atoms with E-state index in [0.717, 1.165) is 42.1 Å². The lowest BCUT2D eigenvalue weighted by molar-refractivity contribution is 0.170. The number of hydrogen-bond donors (Lipinski definition) is 0. The molecule has 0 aliphatic carbocycles. The Morgan fingerprint density at radius 1 is 1.23 bits per heavy atom. The van der Waals surface area contributed by atoms with E-state index in [0.29, 0.717) is 5.88 Å². The quantitative estimate of drug-likeness (QED) is 0.833. The highest BCUT2D eigenvalue weighted by molar-refractivity contribution is 9.10. The molecule has 6 heteroatoms. The van der Waals surface area contributed by atoms with E-state index in [4.69, 9.17) is 9.47 Å². The van der Waals surface area contributed by atoms with Crippen LogP contribution >= 0.6 is 15.9 Å². The van der Waals surface area contributed by atoms with Crippen LogP contribution in [0.25, 0.3) is 0 Å². The number of nitrogens with zero attached hydrogens (tertiary/aromatic N) is 3. The van der Waals surface area contributed by atoms with Crippen LogP contribution in [0.1, 0.15) is 12.8 Å². The second-order valence-corrected chi connectivity index (χ2v) is 6.08. The minimum absolute atomic E-state index is 0.233. The molecule has 2 heterocycles. The maximum absolute atomic E-state index is 6.04. The van der Waals surface area contributed by atoms with Gasteiger partial charge in [0.25, 0.3) is 0 Å². The van der Waals surface area contributed by atoms with Crippen LogP contribution in [0.5, 0.6) is 11.6 Å². The highest BCUT2D eigenvalue weighted by atomic mass is 79.9. The molecular weight excluding hydrogens is 346 g/mol. The molecule has 2 aromatic rings. The average molecular weight is 364 g/mol. The van der Waals surface area contributed by atoms with E-state index >= 15 is 0 Å². The second kappa shape index (κ2) is 6.96. The molecule has 0 unspecified atom stereocenters.